The highest BCUT2D eigenvalue weighted by molar-refractivity contribution is 14.0. The van der Waals surface area contributed by atoms with Crippen LogP contribution in [0.15, 0.2) is 4.99 Å². The van der Waals surface area contributed by atoms with Gasteiger partial charge < -0.3 is 10.6 Å². The van der Waals surface area contributed by atoms with E-state index in [0.717, 1.165) is 31.8 Å². The third-order valence-corrected chi connectivity index (χ3v) is 4.22. The Kier molecular flexibility index (Phi) is 11.3. The van der Waals surface area contributed by atoms with Crippen LogP contribution in [0, 0.1) is 0 Å². The Morgan fingerprint density at radius 2 is 2.00 bits per heavy atom. The molecule has 0 spiro atoms. The summed E-state index contributed by atoms with van der Waals surface area (Å²) >= 11 is 0. The van der Waals surface area contributed by atoms with E-state index in [9.17, 15) is 8.42 Å². The van der Waals surface area contributed by atoms with Gasteiger partial charge in [-0.05, 0) is 32.9 Å². The van der Waals surface area contributed by atoms with Crippen LogP contribution in [0.1, 0.15) is 26.7 Å². The number of aliphatic imine (C=N–C) groups is 1. The van der Waals surface area contributed by atoms with Crippen LogP contribution in [0.2, 0.25) is 0 Å². The zero-order valence-corrected chi connectivity index (χ0v) is 16.9. The van der Waals surface area contributed by atoms with Crippen molar-refractivity contribution in [2.75, 3.05) is 45.5 Å². The predicted molar refractivity (Wildman–Crippen MR) is 103 cm³/mol. The van der Waals surface area contributed by atoms with E-state index in [2.05, 4.69) is 32.2 Å². The Hall–Kier alpha value is -0.130. The van der Waals surface area contributed by atoms with Gasteiger partial charge in [-0.15, -0.1) is 24.0 Å². The van der Waals surface area contributed by atoms with Crippen molar-refractivity contribution < 1.29 is 8.42 Å². The fourth-order valence-corrected chi connectivity index (χ4v) is 2.95. The molecule has 0 aromatic rings. The van der Waals surface area contributed by atoms with Gasteiger partial charge in [-0.3, -0.25) is 9.89 Å². The van der Waals surface area contributed by atoms with Crippen molar-refractivity contribution in [1.29, 1.82) is 0 Å². The molecule has 1 rings (SSSR count). The molecule has 1 unspecified atom stereocenters. The van der Waals surface area contributed by atoms with Gasteiger partial charge in [0.1, 0.15) is 0 Å². The van der Waals surface area contributed by atoms with Crippen molar-refractivity contribution in [2.45, 2.75) is 32.7 Å². The van der Waals surface area contributed by atoms with Gasteiger partial charge in [0.05, 0.1) is 12.8 Å². The molecule has 132 valence electrons. The molecule has 1 atom stereocenters. The number of hydrogen-bond acceptors (Lipinski definition) is 4. The standard InChI is InChI=1S/C13H29N5O2S.HI/c1-4-14-13(15-8-9-17-21(3,19)20)16-11-12-7-6-10-18(12)5-2;/h12,17H,4-11H2,1-3H3,(H2,14,15,16);1H. The Balaban J connectivity index is 0.00000441. The second kappa shape index (κ2) is 11.4. The fourth-order valence-electron chi connectivity index (χ4n) is 2.47. The third-order valence-electron chi connectivity index (χ3n) is 3.49. The maximum Gasteiger partial charge on any atom is 0.208 e. The number of guanidine groups is 1. The summed E-state index contributed by atoms with van der Waals surface area (Å²) in [6.45, 7) is 8.87. The van der Waals surface area contributed by atoms with Gasteiger partial charge in [0, 0.05) is 25.7 Å². The molecule has 1 aliphatic heterocycles. The van der Waals surface area contributed by atoms with Crippen LogP contribution in [-0.2, 0) is 10.0 Å². The number of likely N-dealkylation sites (tertiary alicyclic amines) is 1. The molecule has 0 saturated carbocycles. The smallest absolute Gasteiger partial charge is 0.208 e. The number of sulfonamides is 1. The van der Waals surface area contributed by atoms with Gasteiger partial charge in [-0.25, -0.2) is 13.1 Å². The molecular weight excluding hydrogens is 417 g/mol. The second-order valence-electron chi connectivity index (χ2n) is 5.24. The van der Waals surface area contributed by atoms with Crippen molar-refractivity contribution in [1.82, 2.24) is 20.3 Å². The summed E-state index contributed by atoms with van der Waals surface area (Å²) in [7, 11) is -3.13. The molecule has 3 N–H and O–H groups in total. The van der Waals surface area contributed by atoms with Crippen LogP contribution in [-0.4, -0.2) is 70.8 Å². The molecule has 0 aliphatic carbocycles. The molecule has 0 bridgehead atoms. The average Bonchev–Trinajstić information content (AvgIpc) is 2.87. The van der Waals surface area contributed by atoms with Crippen molar-refractivity contribution in [2.24, 2.45) is 4.99 Å². The maximum absolute atomic E-state index is 11.0. The monoisotopic (exact) mass is 447 g/mol. The van der Waals surface area contributed by atoms with E-state index in [1.54, 1.807) is 0 Å². The molecule has 0 radical (unpaired) electrons. The third kappa shape index (κ3) is 9.11. The van der Waals surface area contributed by atoms with Crippen LogP contribution in [0.25, 0.3) is 0 Å². The van der Waals surface area contributed by atoms with Crippen LogP contribution >= 0.6 is 24.0 Å². The van der Waals surface area contributed by atoms with Gasteiger partial charge in [0.15, 0.2) is 5.96 Å². The number of likely N-dealkylation sites (N-methyl/N-ethyl adjacent to an activating group) is 1. The van der Waals surface area contributed by atoms with E-state index < -0.39 is 10.0 Å². The lowest BCUT2D eigenvalue weighted by atomic mass is 10.2. The van der Waals surface area contributed by atoms with Crippen LogP contribution in [0.3, 0.4) is 0 Å². The van der Waals surface area contributed by atoms with Crippen molar-refractivity contribution in [3.8, 4) is 0 Å². The molecule has 1 heterocycles. The van der Waals surface area contributed by atoms with Crippen LogP contribution in [0.4, 0.5) is 0 Å². The summed E-state index contributed by atoms with van der Waals surface area (Å²) in [5.41, 5.74) is 0. The van der Waals surface area contributed by atoms with Crippen LogP contribution < -0.4 is 15.4 Å². The minimum absolute atomic E-state index is 0. The highest BCUT2D eigenvalue weighted by atomic mass is 127. The van der Waals surface area contributed by atoms with Crippen LogP contribution in [0.5, 0.6) is 0 Å². The Morgan fingerprint density at radius 3 is 2.59 bits per heavy atom. The molecule has 1 fully saturated rings. The Bertz CT molecular complexity index is 430. The van der Waals surface area contributed by atoms with E-state index in [-0.39, 0.29) is 24.0 Å². The van der Waals surface area contributed by atoms with Crippen molar-refractivity contribution >= 4 is 40.0 Å². The summed E-state index contributed by atoms with van der Waals surface area (Å²) in [5.74, 6) is 0.746. The van der Waals surface area contributed by atoms with E-state index in [0.29, 0.717) is 19.1 Å². The van der Waals surface area contributed by atoms with Gasteiger partial charge in [0.25, 0.3) is 0 Å². The first-order valence-corrected chi connectivity index (χ1v) is 9.56. The number of hydrogen-bond donors (Lipinski definition) is 3. The topological polar surface area (TPSA) is 85.8 Å². The lowest BCUT2D eigenvalue weighted by Crippen LogP contribution is -2.42. The molecule has 0 aromatic heterocycles. The first-order chi connectivity index (χ1) is 9.96. The van der Waals surface area contributed by atoms with Gasteiger partial charge in [-0.2, -0.15) is 0 Å². The fraction of sp³-hybridized carbons (Fsp3) is 0.923. The molecular formula is C13H30IN5O2S. The summed E-state index contributed by atoms with van der Waals surface area (Å²) in [4.78, 5) is 7.06. The highest BCUT2D eigenvalue weighted by Crippen LogP contribution is 2.16. The quantitative estimate of drug-likeness (QED) is 0.214. The molecule has 0 amide bonds. The Morgan fingerprint density at radius 1 is 1.27 bits per heavy atom. The predicted octanol–water partition coefficient (Wildman–Crippen LogP) is 0.193. The van der Waals surface area contributed by atoms with Gasteiger partial charge >= 0.3 is 0 Å². The van der Waals surface area contributed by atoms with Crippen molar-refractivity contribution in [3.05, 3.63) is 0 Å². The summed E-state index contributed by atoms with van der Waals surface area (Å²) in [6.07, 6.45) is 3.61. The largest absolute Gasteiger partial charge is 0.357 e. The van der Waals surface area contributed by atoms with Crippen molar-refractivity contribution in [3.63, 3.8) is 0 Å². The average molecular weight is 447 g/mol. The summed E-state index contributed by atoms with van der Waals surface area (Å²) in [6, 6.07) is 0.527. The minimum atomic E-state index is -3.13. The summed E-state index contributed by atoms with van der Waals surface area (Å²) < 4.78 is 24.4. The first-order valence-electron chi connectivity index (χ1n) is 7.67. The number of rotatable bonds is 8. The van der Waals surface area contributed by atoms with E-state index >= 15 is 0 Å². The SMILES string of the molecule is CCNC(=NCC1CCCN1CC)NCCNS(C)(=O)=O.I. The van der Waals surface area contributed by atoms with E-state index in [1.165, 1.54) is 19.4 Å². The lowest BCUT2D eigenvalue weighted by Gasteiger charge is -2.21. The Labute approximate surface area is 151 Å². The first kappa shape index (κ1) is 21.9. The second-order valence-corrected chi connectivity index (χ2v) is 7.07. The zero-order valence-electron chi connectivity index (χ0n) is 13.8. The zero-order chi connectivity index (χ0) is 15.7. The highest BCUT2D eigenvalue weighted by Gasteiger charge is 2.22. The molecule has 1 saturated heterocycles. The number of nitrogens with one attached hydrogen (secondary N) is 3. The molecule has 7 nitrogen and oxygen atoms in total. The summed E-state index contributed by atoms with van der Waals surface area (Å²) in [5, 5.41) is 6.32. The van der Waals surface area contributed by atoms with Gasteiger partial charge in [0.2, 0.25) is 10.0 Å². The molecule has 9 heteroatoms. The lowest BCUT2D eigenvalue weighted by molar-refractivity contribution is 0.273. The number of nitrogens with zero attached hydrogens (tertiary/aromatic N) is 2. The minimum Gasteiger partial charge on any atom is -0.357 e. The normalized spacial score (nSPS) is 19.8. The number of halogens is 1. The molecule has 22 heavy (non-hydrogen) atoms. The van der Waals surface area contributed by atoms with E-state index in [1.807, 2.05) is 6.92 Å². The molecule has 1 aliphatic rings. The maximum atomic E-state index is 11.0. The molecule has 0 aromatic carbocycles. The van der Waals surface area contributed by atoms with Gasteiger partial charge in [-0.1, -0.05) is 6.92 Å². The van der Waals surface area contributed by atoms with E-state index in [4.69, 9.17) is 0 Å².